The van der Waals surface area contributed by atoms with Gasteiger partial charge in [-0.2, -0.15) is 5.10 Å². The molecule has 2 aromatic carbocycles. The fourth-order valence-electron chi connectivity index (χ4n) is 3.50. The predicted octanol–water partition coefficient (Wildman–Crippen LogP) is 4.42. The molecule has 0 amide bonds. The summed E-state index contributed by atoms with van der Waals surface area (Å²) in [6.07, 6.45) is 3.47. The highest BCUT2D eigenvalue weighted by Gasteiger charge is 2.28. The molecule has 4 nitrogen and oxygen atoms in total. The molecule has 0 radical (unpaired) electrons. The highest BCUT2D eigenvalue weighted by Crippen LogP contribution is 2.43. The molecule has 6 heteroatoms. The normalized spacial score (nSPS) is 15.5. The molecule has 2 N–H and O–H groups in total. The molecule has 2 aromatic heterocycles. The number of anilines is 1. The smallest absolute Gasteiger partial charge is 0.164 e. The molecular weight excluding hydrogens is 322 g/mol. The summed E-state index contributed by atoms with van der Waals surface area (Å²) in [4.78, 5) is 3.08. The van der Waals surface area contributed by atoms with Crippen molar-refractivity contribution in [2.75, 3.05) is 5.32 Å². The summed E-state index contributed by atoms with van der Waals surface area (Å²) >= 11 is 0. The van der Waals surface area contributed by atoms with Gasteiger partial charge in [-0.3, -0.25) is 0 Å². The lowest BCUT2D eigenvalue weighted by atomic mass is 9.97. The van der Waals surface area contributed by atoms with Gasteiger partial charge in [-0.25, -0.2) is 8.78 Å². The molecule has 1 aliphatic heterocycles. The number of rotatable bonds is 1. The van der Waals surface area contributed by atoms with E-state index in [9.17, 15) is 8.78 Å². The van der Waals surface area contributed by atoms with E-state index in [1.165, 1.54) is 6.07 Å². The maximum Gasteiger partial charge on any atom is 0.164 e. The summed E-state index contributed by atoms with van der Waals surface area (Å²) in [5.74, 6) is -1.71. The molecule has 0 spiro atoms. The Morgan fingerprint density at radius 2 is 1.80 bits per heavy atom. The van der Waals surface area contributed by atoms with Crippen molar-refractivity contribution in [1.82, 2.24) is 15.2 Å². The molecule has 0 saturated heterocycles. The van der Waals surface area contributed by atoms with Gasteiger partial charge in [0.05, 0.1) is 12.2 Å². The standard InChI is InChI=1S/C19H12F2N4/c20-14-6-3-5-11(17(14)21)18-13-8-22-19-16(13)12(9-23-25-19)10-4-1-2-7-15(10)24-18/h1-9,18,24H,(H,22,25). The lowest BCUT2D eigenvalue weighted by molar-refractivity contribution is 0.496. The SMILES string of the molecule is Fc1cccc(C2Nc3ccccc3-c3cnnc4[nH]cc2c34)c1F. The third-order valence-electron chi connectivity index (χ3n) is 4.62. The van der Waals surface area contributed by atoms with Crippen LogP contribution in [0.4, 0.5) is 14.5 Å². The van der Waals surface area contributed by atoms with E-state index in [0.29, 0.717) is 5.65 Å². The molecule has 0 saturated carbocycles. The van der Waals surface area contributed by atoms with Gasteiger partial charge in [-0.1, -0.05) is 30.3 Å². The van der Waals surface area contributed by atoms with Gasteiger partial charge in [0.15, 0.2) is 17.3 Å². The first-order valence-corrected chi connectivity index (χ1v) is 7.86. The van der Waals surface area contributed by atoms with Crippen LogP contribution >= 0.6 is 0 Å². The average Bonchev–Trinajstić information content (AvgIpc) is 3.00. The zero-order valence-electron chi connectivity index (χ0n) is 12.9. The number of halogens is 2. The largest absolute Gasteiger partial charge is 0.373 e. The molecule has 1 aliphatic rings. The summed E-state index contributed by atoms with van der Waals surface area (Å²) in [5.41, 5.74) is 4.36. The van der Waals surface area contributed by atoms with Crippen LogP contribution < -0.4 is 5.32 Å². The van der Waals surface area contributed by atoms with Crippen LogP contribution in [0, 0.1) is 11.6 Å². The summed E-state index contributed by atoms with van der Waals surface area (Å²) < 4.78 is 28.3. The predicted molar refractivity (Wildman–Crippen MR) is 91.1 cm³/mol. The van der Waals surface area contributed by atoms with Crippen LogP contribution in [-0.4, -0.2) is 15.2 Å². The Morgan fingerprint density at radius 3 is 2.72 bits per heavy atom. The van der Waals surface area contributed by atoms with Crippen molar-refractivity contribution in [3.63, 3.8) is 0 Å². The highest BCUT2D eigenvalue weighted by molar-refractivity contribution is 6.00. The van der Waals surface area contributed by atoms with Crippen molar-refractivity contribution in [1.29, 1.82) is 0 Å². The number of fused-ring (bicyclic) bond motifs is 2. The van der Waals surface area contributed by atoms with Gasteiger partial charge < -0.3 is 10.3 Å². The van der Waals surface area contributed by atoms with Gasteiger partial charge in [-0.05, 0) is 12.1 Å². The molecular formula is C19H12F2N4. The molecule has 1 unspecified atom stereocenters. The van der Waals surface area contributed by atoms with Gasteiger partial charge in [0.1, 0.15) is 0 Å². The molecule has 3 heterocycles. The molecule has 0 bridgehead atoms. The van der Waals surface area contributed by atoms with Crippen LogP contribution in [0.15, 0.2) is 54.9 Å². The summed E-state index contributed by atoms with van der Waals surface area (Å²) in [5, 5.41) is 12.4. The van der Waals surface area contributed by atoms with Crippen molar-refractivity contribution in [2.45, 2.75) is 6.04 Å². The second-order valence-corrected chi connectivity index (χ2v) is 5.99. The van der Waals surface area contributed by atoms with Crippen LogP contribution in [0.2, 0.25) is 0 Å². The Hall–Kier alpha value is -3.28. The number of aromatic amines is 1. The minimum Gasteiger partial charge on any atom is -0.373 e. The lowest BCUT2D eigenvalue weighted by Gasteiger charge is -2.20. The number of nitrogens with zero attached hydrogens (tertiary/aromatic N) is 2. The number of benzene rings is 2. The Kier molecular flexibility index (Phi) is 2.88. The minimum atomic E-state index is -0.864. The van der Waals surface area contributed by atoms with E-state index >= 15 is 0 Å². The monoisotopic (exact) mass is 334 g/mol. The summed E-state index contributed by atoms with van der Waals surface area (Å²) in [6.45, 7) is 0. The van der Waals surface area contributed by atoms with Crippen molar-refractivity contribution in [3.05, 3.63) is 77.6 Å². The molecule has 25 heavy (non-hydrogen) atoms. The number of hydrogen-bond donors (Lipinski definition) is 2. The second-order valence-electron chi connectivity index (χ2n) is 5.99. The lowest BCUT2D eigenvalue weighted by Crippen LogP contribution is -2.13. The van der Waals surface area contributed by atoms with Crippen molar-refractivity contribution in [3.8, 4) is 11.1 Å². The number of aromatic nitrogens is 3. The van der Waals surface area contributed by atoms with E-state index in [0.717, 1.165) is 33.8 Å². The Bertz CT molecular complexity index is 1120. The Balaban J connectivity index is 1.86. The van der Waals surface area contributed by atoms with Crippen molar-refractivity contribution < 1.29 is 8.78 Å². The number of nitrogens with one attached hydrogen (secondary N) is 2. The maximum absolute atomic E-state index is 14.5. The number of para-hydroxylation sites is 1. The average molecular weight is 334 g/mol. The third kappa shape index (κ3) is 1.97. The first-order chi connectivity index (χ1) is 12.2. The molecule has 5 rings (SSSR count). The van der Waals surface area contributed by atoms with E-state index in [4.69, 9.17) is 0 Å². The topological polar surface area (TPSA) is 53.6 Å². The van der Waals surface area contributed by atoms with Crippen molar-refractivity contribution >= 4 is 16.7 Å². The van der Waals surface area contributed by atoms with E-state index in [1.807, 2.05) is 24.3 Å². The number of hydrogen-bond acceptors (Lipinski definition) is 3. The minimum absolute atomic E-state index is 0.250. The third-order valence-corrected chi connectivity index (χ3v) is 4.62. The summed E-state index contributed by atoms with van der Waals surface area (Å²) in [6, 6.07) is 11.4. The zero-order valence-corrected chi connectivity index (χ0v) is 12.9. The molecule has 0 aliphatic carbocycles. The van der Waals surface area contributed by atoms with E-state index in [2.05, 4.69) is 20.5 Å². The van der Waals surface area contributed by atoms with Crippen LogP contribution in [-0.2, 0) is 0 Å². The zero-order chi connectivity index (χ0) is 17.0. The molecule has 1 atom stereocenters. The molecule has 0 fully saturated rings. The van der Waals surface area contributed by atoms with Gasteiger partial charge in [-0.15, -0.1) is 5.10 Å². The van der Waals surface area contributed by atoms with Gasteiger partial charge in [0, 0.05) is 39.5 Å². The fourth-order valence-corrected chi connectivity index (χ4v) is 3.50. The van der Waals surface area contributed by atoms with Crippen LogP contribution in [0.1, 0.15) is 17.2 Å². The maximum atomic E-state index is 14.5. The van der Waals surface area contributed by atoms with E-state index < -0.39 is 17.7 Å². The van der Waals surface area contributed by atoms with Gasteiger partial charge >= 0.3 is 0 Å². The van der Waals surface area contributed by atoms with Crippen LogP contribution in [0.3, 0.4) is 0 Å². The summed E-state index contributed by atoms with van der Waals surface area (Å²) in [7, 11) is 0. The van der Waals surface area contributed by atoms with Crippen LogP contribution in [0.5, 0.6) is 0 Å². The highest BCUT2D eigenvalue weighted by atomic mass is 19.2. The van der Waals surface area contributed by atoms with Gasteiger partial charge in [0.25, 0.3) is 0 Å². The molecule has 122 valence electrons. The second kappa shape index (κ2) is 5.11. The Labute approximate surface area is 141 Å². The quantitative estimate of drug-likeness (QED) is 0.542. The van der Waals surface area contributed by atoms with E-state index in [1.54, 1.807) is 18.5 Å². The fraction of sp³-hybridized carbons (Fsp3) is 0.0526. The number of H-pyrrole nitrogens is 1. The van der Waals surface area contributed by atoms with E-state index in [-0.39, 0.29) is 5.56 Å². The van der Waals surface area contributed by atoms with Gasteiger partial charge in [0.2, 0.25) is 0 Å². The molecule has 4 aromatic rings. The van der Waals surface area contributed by atoms with Crippen molar-refractivity contribution in [2.24, 2.45) is 0 Å². The Morgan fingerprint density at radius 1 is 0.920 bits per heavy atom. The first-order valence-electron chi connectivity index (χ1n) is 7.86. The first kappa shape index (κ1) is 14.1. The van der Waals surface area contributed by atoms with Crippen LogP contribution in [0.25, 0.3) is 22.2 Å².